The zero-order chi connectivity index (χ0) is 20.7. The van der Waals surface area contributed by atoms with Gasteiger partial charge in [-0.15, -0.1) is 0 Å². The molecule has 0 amide bonds. The van der Waals surface area contributed by atoms with Crippen LogP contribution < -0.4 is 10.4 Å². The number of carbonyl (C=O) groups excluding carboxylic acids is 1. The van der Waals surface area contributed by atoms with Crippen molar-refractivity contribution in [2.24, 2.45) is 0 Å². The number of ether oxygens (including phenoxy) is 1. The lowest BCUT2D eigenvalue weighted by atomic mass is 10.1. The average molecular weight is 418 g/mol. The first-order valence-corrected chi connectivity index (χ1v) is 9.35. The lowest BCUT2D eigenvalue weighted by Crippen LogP contribution is -2.07. The molecule has 0 N–H and O–H groups in total. The number of pyridine rings is 1. The molecular formula is C23H12ClNO5. The molecule has 3 aromatic heterocycles. The minimum atomic E-state index is -0.672. The van der Waals surface area contributed by atoms with Crippen molar-refractivity contribution in [1.82, 2.24) is 4.98 Å². The molecule has 0 aliphatic rings. The van der Waals surface area contributed by atoms with Crippen LogP contribution >= 0.6 is 11.6 Å². The second-order valence-electron chi connectivity index (χ2n) is 6.54. The van der Waals surface area contributed by atoms with Gasteiger partial charge in [0.25, 0.3) is 0 Å². The Kier molecular flexibility index (Phi) is 4.34. The number of nitrogens with zero attached hydrogens (tertiary/aromatic N) is 1. The van der Waals surface area contributed by atoms with E-state index in [4.69, 9.17) is 25.2 Å². The van der Waals surface area contributed by atoms with Gasteiger partial charge in [0.1, 0.15) is 16.9 Å². The van der Waals surface area contributed by atoms with E-state index in [0.717, 1.165) is 0 Å². The molecule has 0 bridgehead atoms. The van der Waals surface area contributed by atoms with E-state index in [2.05, 4.69) is 4.98 Å². The van der Waals surface area contributed by atoms with Crippen LogP contribution in [0.5, 0.6) is 5.75 Å². The maximum absolute atomic E-state index is 12.5. The Morgan fingerprint density at radius 1 is 0.900 bits per heavy atom. The minimum Gasteiger partial charge on any atom is -0.449 e. The molecule has 2 aromatic carbocycles. The SMILES string of the molecule is O=C(Oc1ccc2cc(-c3ccccn3)c(=O)oc2c1)c1cc2cc(Cl)ccc2o1. The van der Waals surface area contributed by atoms with E-state index in [1.54, 1.807) is 66.9 Å². The monoisotopic (exact) mass is 417 g/mol. The Bertz CT molecular complexity index is 1470. The highest BCUT2D eigenvalue weighted by Crippen LogP contribution is 2.26. The molecule has 0 aliphatic heterocycles. The maximum Gasteiger partial charge on any atom is 0.379 e. The molecule has 0 radical (unpaired) electrons. The van der Waals surface area contributed by atoms with Crippen LogP contribution in [0.25, 0.3) is 33.2 Å². The van der Waals surface area contributed by atoms with Crippen LogP contribution in [0.1, 0.15) is 10.6 Å². The van der Waals surface area contributed by atoms with Gasteiger partial charge in [-0.05, 0) is 54.6 Å². The van der Waals surface area contributed by atoms with Crippen molar-refractivity contribution in [3.05, 3.63) is 94.1 Å². The third-order valence-corrected chi connectivity index (χ3v) is 4.77. The summed E-state index contributed by atoms with van der Waals surface area (Å²) in [4.78, 5) is 29.0. The molecule has 0 spiro atoms. The first kappa shape index (κ1) is 18.1. The number of carbonyl (C=O) groups is 1. The molecule has 0 atom stereocenters. The number of rotatable bonds is 3. The topological polar surface area (TPSA) is 82.5 Å². The van der Waals surface area contributed by atoms with Crippen molar-refractivity contribution >= 4 is 39.5 Å². The number of benzene rings is 2. The van der Waals surface area contributed by atoms with E-state index in [-0.39, 0.29) is 11.5 Å². The Balaban J connectivity index is 1.46. The fourth-order valence-corrected chi connectivity index (χ4v) is 3.31. The largest absolute Gasteiger partial charge is 0.449 e. The van der Waals surface area contributed by atoms with Crippen LogP contribution in [-0.2, 0) is 0 Å². The van der Waals surface area contributed by atoms with Gasteiger partial charge in [-0.1, -0.05) is 17.7 Å². The van der Waals surface area contributed by atoms with Gasteiger partial charge in [0.05, 0.1) is 11.3 Å². The zero-order valence-corrected chi connectivity index (χ0v) is 16.1. The van der Waals surface area contributed by atoms with Crippen molar-refractivity contribution in [3.63, 3.8) is 0 Å². The summed E-state index contributed by atoms with van der Waals surface area (Å²) < 4.78 is 16.3. The van der Waals surface area contributed by atoms with Crippen molar-refractivity contribution in [1.29, 1.82) is 0 Å². The van der Waals surface area contributed by atoms with Crippen molar-refractivity contribution in [2.45, 2.75) is 0 Å². The molecule has 0 aliphatic carbocycles. The molecular weight excluding hydrogens is 406 g/mol. The number of fused-ring (bicyclic) bond motifs is 2. The first-order chi connectivity index (χ1) is 14.6. The second-order valence-corrected chi connectivity index (χ2v) is 6.98. The highest BCUT2D eigenvalue weighted by molar-refractivity contribution is 6.31. The van der Waals surface area contributed by atoms with Gasteiger partial charge in [-0.3, -0.25) is 4.98 Å². The number of hydrogen-bond donors (Lipinski definition) is 0. The molecule has 5 aromatic rings. The van der Waals surface area contributed by atoms with Crippen molar-refractivity contribution < 1.29 is 18.4 Å². The van der Waals surface area contributed by atoms with E-state index in [0.29, 0.717) is 38.2 Å². The summed E-state index contributed by atoms with van der Waals surface area (Å²) in [7, 11) is 0. The summed E-state index contributed by atoms with van der Waals surface area (Å²) in [6.45, 7) is 0. The number of aromatic nitrogens is 1. The van der Waals surface area contributed by atoms with Gasteiger partial charge < -0.3 is 13.6 Å². The lowest BCUT2D eigenvalue weighted by molar-refractivity contribution is 0.0704. The molecule has 0 fully saturated rings. The lowest BCUT2D eigenvalue weighted by Gasteiger charge is -2.05. The number of halogens is 1. The molecule has 5 rings (SSSR count). The van der Waals surface area contributed by atoms with Crippen LogP contribution in [0.15, 0.2) is 86.6 Å². The molecule has 3 heterocycles. The summed E-state index contributed by atoms with van der Waals surface area (Å²) in [5, 5.41) is 1.91. The average Bonchev–Trinajstić information content (AvgIpc) is 3.17. The minimum absolute atomic E-state index is 0.0410. The molecule has 7 heteroatoms. The van der Waals surface area contributed by atoms with Gasteiger partial charge in [-0.25, -0.2) is 9.59 Å². The standard InChI is InChI=1S/C23H12ClNO5/c24-15-5-7-19-14(9-15)11-21(29-19)23(27)28-16-6-4-13-10-17(18-3-1-2-8-25-18)22(26)30-20(13)12-16/h1-12H. The van der Waals surface area contributed by atoms with E-state index < -0.39 is 11.6 Å². The molecule has 0 saturated carbocycles. The predicted molar refractivity (Wildman–Crippen MR) is 112 cm³/mol. The summed E-state index contributed by atoms with van der Waals surface area (Å²) in [6.07, 6.45) is 1.60. The first-order valence-electron chi connectivity index (χ1n) is 8.97. The van der Waals surface area contributed by atoms with Gasteiger partial charge >= 0.3 is 11.6 Å². The summed E-state index contributed by atoms with van der Waals surface area (Å²) in [5.41, 5.74) is 1.17. The van der Waals surface area contributed by atoms with E-state index in [9.17, 15) is 9.59 Å². The van der Waals surface area contributed by atoms with E-state index >= 15 is 0 Å². The summed E-state index contributed by atoms with van der Waals surface area (Å²) >= 11 is 5.96. The van der Waals surface area contributed by atoms with Crippen LogP contribution in [-0.4, -0.2) is 11.0 Å². The highest BCUT2D eigenvalue weighted by Gasteiger charge is 2.16. The van der Waals surface area contributed by atoms with Gasteiger partial charge in [0.15, 0.2) is 0 Å². The second kappa shape index (κ2) is 7.17. The quantitative estimate of drug-likeness (QED) is 0.220. The zero-order valence-electron chi connectivity index (χ0n) is 15.3. The van der Waals surface area contributed by atoms with E-state index in [1.165, 1.54) is 6.07 Å². The number of hydrogen-bond acceptors (Lipinski definition) is 6. The Morgan fingerprint density at radius 2 is 1.80 bits per heavy atom. The van der Waals surface area contributed by atoms with Gasteiger partial charge in [-0.2, -0.15) is 0 Å². The number of furan rings is 1. The van der Waals surface area contributed by atoms with Crippen LogP contribution in [0, 0.1) is 0 Å². The molecule has 146 valence electrons. The number of esters is 1. The van der Waals surface area contributed by atoms with Gasteiger partial charge in [0.2, 0.25) is 5.76 Å². The fraction of sp³-hybridized carbons (Fsp3) is 0. The summed E-state index contributed by atoms with van der Waals surface area (Å²) in [5.74, 6) is -0.409. The van der Waals surface area contributed by atoms with Crippen LogP contribution in [0.4, 0.5) is 0 Å². The molecule has 30 heavy (non-hydrogen) atoms. The van der Waals surface area contributed by atoms with E-state index in [1.807, 2.05) is 0 Å². The summed E-state index contributed by atoms with van der Waals surface area (Å²) in [6, 6.07) is 18.4. The predicted octanol–water partition coefficient (Wildman–Crippen LogP) is 5.47. The maximum atomic E-state index is 12.5. The Morgan fingerprint density at radius 3 is 2.63 bits per heavy atom. The third-order valence-electron chi connectivity index (χ3n) is 4.54. The normalized spacial score (nSPS) is 11.1. The van der Waals surface area contributed by atoms with Crippen molar-refractivity contribution in [2.75, 3.05) is 0 Å². The Hall–Kier alpha value is -3.90. The molecule has 6 nitrogen and oxygen atoms in total. The molecule has 0 unspecified atom stereocenters. The van der Waals surface area contributed by atoms with Crippen LogP contribution in [0.3, 0.4) is 0 Å². The Labute approximate surface area is 174 Å². The highest BCUT2D eigenvalue weighted by atomic mass is 35.5. The van der Waals surface area contributed by atoms with Gasteiger partial charge in [0, 0.05) is 28.1 Å². The third kappa shape index (κ3) is 3.33. The smallest absolute Gasteiger partial charge is 0.379 e. The van der Waals surface area contributed by atoms with Crippen molar-refractivity contribution in [3.8, 4) is 17.0 Å². The fourth-order valence-electron chi connectivity index (χ4n) is 3.13. The molecule has 0 saturated heterocycles. The van der Waals surface area contributed by atoms with Crippen LogP contribution in [0.2, 0.25) is 5.02 Å².